The lowest BCUT2D eigenvalue weighted by Crippen LogP contribution is -2.14. The summed E-state index contributed by atoms with van der Waals surface area (Å²) in [6.45, 7) is 1.89. The number of thiazole rings is 1. The van der Waals surface area contributed by atoms with Gasteiger partial charge in [0.15, 0.2) is 5.69 Å². The Balaban J connectivity index is 1.95. The Morgan fingerprint density at radius 3 is 2.86 bits per heavy atom. The molecule has 14 heavy (non-hydrogen) atoms. The summed E-state index contributed by atoms with van der Waals surface area (Å²) >= 11 is 1.48. The van der Waals surface area contributed by atoms with E-state index in [1.54, 1.807) is 5.38 Å². The summed E-state index contributed by atoms with van der Waals surface area (Å²) in [5.74, 6) is -0.263. The highest BCUT2D eigenvalue weighted by Gasteiger charge is 2.21. The zero-order valence-corrected chi connectivity index (χ0v) is 8.97. The van der Waals surface area contributed by atoms with Crippen molar-refractivity contribution in [3.05, 3.63) is 16.1 Å². The normalized spacial score (nSPS) is 17.2. The maximum absolute atomic E-state index is 11.5. The number of nitrogens with zero attached hydrogens (tertiary/aromatic N) is 1. The molecule has 4 heteroatoms. The van der Waals surface area contributed by atoms with Crippen LogP contribution in [0.1, 0.15) is 41.2 Å². The van der Waals surface area contributed by atoms with Crippen LogP contribution < -0.4 is 0 Å². The maximum atomic E-state index is 11.5. The van der Waals surface area contributed by atoms with Gasteiger partial charge in [-0.1, -0.05) is 0 Å². The minimum atomic E-state index is -0.263. The Morgan fingerprint density at radius 2 is 2.29 bits per heavy atom. The molecule has 0 spiro atoms. The predicted molar refractivity (Wildman–Crippen MR) is 54.5 cm³/mol. The van der Waals surface area contributed by atoms with Crippen LogP contribution in [0.3, 0.4) is 0 Å². The van der Waals surface area contributed by atoms with Crippen molar-refractivity contribution in [1.82, 2.24) is 4.98 Å². The van der Waals surface area contributed by atoms with E-state index < -0.39 is 0 Å². The predicted octanol–water partition coefficient (Wildman–Crippen LogP) is 2.55. The molecular formula is C10H13NO2S. The van der Waals surface area contributed by atoms with Gasteiger partial charge in [0.25, 0.3) is 0 Å². The summed E-state index contributed by atoms with van der Waals surface area (Å²) < 4.78 is 5.32. The van der Waals surface area contributed by atoms with Crippen molar-refractivity contribution in [3.8, 4) is 0 Å². The number of esters is 1. The van der Waals surface area contributed by atoms with Crippen LogP contribution in [0, 0.1) is 6.92 Å². The van der Waals surface area contributed by atoms with Crippen molar-refractivity contribution >= 4 is 17.3 Å². The Hall–Kier alpha value is -0.900. The van der Waals surface area contributed by atoms with Gasteiger partial charge in [-0.3, -0.25) is 0 Å². The van der Waals surface area contributed by atoms with Gasteiger partial charge in [0.05, 0.1) is 5.01 Å². The van der Waals surface area contributed by atoms with Crippen LogP contribution in [0.4, 0.5) is 0 Å². The fourth-order valence-corrected chi connectivity index (χ4v) is 2.26. The van der Waals surface area contributed by atoms with E-state index in [9.17, 15) is 4.79 Å². The fraction of sp³-hybridized carbons (Fsp3) is 0.600. The molecule has 1 fully saturated rings. The molecule has 0 bridgehead atoms. The Kier molecular flexibility index (Phi) is 2.82. The lowest BCUT2D eigenvalue weighted by atomic mass is 10.3. The molecule has 0 saturated heterocycles. The van der Waals surface area contributed by atoms with Crippen LogP contribution in [0.25, 0.3) is 0 Å². The molecule has 0 radical (unpaired) electrons. The number of carbonyl (C=O) groups excluding carboxylic acids is 1. The molecule has 1 saturated carbocycles. The first-order chi connectivity index (χ1) is 6.75. The second-order valence-corrected chi connectivity index (χ2v) is 4.63. The van der Waals surface area contributed by atoms with E-state index >= 15 is 0 Å². The second-order valence-electron chi connectivity index (χ2n) is 3.56. The minimum Gasteiger partial charge on any atom is -0.458 e. The number of aryl methyl sites for hydroxylation is 1. The average Bonchev–Trinajstić information content (AvgIpc) is 2.75. The van der Waals surface area contributed by atoms with Gasteiger partial charge in [-0.15, -0.1) is 11.3 Å². The summed E-state index contributed by atoms with van der Waals surface area (Å²) in [7, 11) is 0. The molecule has 76 valence electrons. The number of hydrogen-bond acceptors (Lipinski definition) is 4. The summed E-state index contributed by atoms with van der Waals surface area (Å²) in [5, 5.41) is 2.66. The summed E-state index contributed by atoms with van der Waals surface area (Å²) in [4.78, 5) is 15.6. The van der Waals surface area contributed by atoms with Crippen LogP contribution in [0.15, 0.2) is 5.38 Å². The molecule has 1 heterocycles. The molecule has 0 aromatic carbocycles. The molecule has 1 aromatic heterocycles. The SMILES string of the molecule is Cc1nc(C(=O)OC2CCCC2)cs1. The molecule has 3 nitrogen and oxygen atoms in total. The van der Waals surface area contributed by atoms with Gasteiger partial charge in [-0.2, -0.15) is 0 Å². The van der Waals surface area contributed by atoms with Gasteiger partial charge >= 0.3 is 5.97 Å². The molecule has 0 unspecified atom stereocenters. The van der Waals surface area contributed by atoms with E-state index in [0.29, 0.717) is 5.69 Å². The number of hydrogen-bond donors (Lipinski definition) is 0. The average molecular weight is 211 g/mol. The largest absolute Gasteiger partial charge is 0.458 e. The molecular weight excluding hydrogens is 198 g/mol. The van der Waals surface area contributed by atoms with Gasteiger partial charge in [0, 0.05) is 5.38 Å². The van der Waals surface area contributed by atoms with Gasteiger partial charge in [0.2, 0.25) is 0 Å². The maximum Gasteiger partial charge on any atom is 0.358 e. The molecule has 2 rings (SSSR count). The van der Waals surface area contributed by atoms with Crippen molar-refractivity contribution in [2.45, 2.75) is 38.7 Å². The third-order valence-electron chi connectivity index (χ3n) is 2.40. The van der Waals surface area contributed by atoms with E-state index in [-0.39, 0.29) is 12.1 Å². The number of aromatic nitrogens is 1. The monoisotopic (exact) mass is 211 g/mol. The number of ether oxygens (including phenoxy) is 1. The first kappa shape index (κ1) is 9.65. The van der Waals surface area contributed by atoms with Gasteiger partial charge in [0.1, 0.15) is 6.10 Å². The third kappa shape index (κ3) is 2.12. The van der Waals surface area contributed by atoms with Gasteiger partial charge < -0.3 is 4.74 Å². The number of rotatable bonds is 2. The van der Waals surface area contributed by atoms with Crippen LogP contribution in [0.2, 0.25) is 0 Å². The first-order valence-electron chi connectivity index (χ1n) is 4.89. The molecule has 0 atom stereocenters. The van der Waals surface area contributed by atoms with Gasteiger partial charge in [-0.05, 0) is 32.6 Å². The van der Waals surface area contributed by atoms with Crippen molar-refractivity contribution in [3.63, 3.8) is 0 Å². The van der Waals surface area contributed by atoms with Crippen molar-refractivity contribution in [2.24, 2.45) is 0 Å². The molecule has 1 aromatic rings. The topological polar surface area (TPSA) is 39.2 Å². The standard InChI is InChI=1S/C10H13NO2S/c1-7-11-9(6-14-7)10(12)13-8-4-2-3-5-8/h6,8H,2-5H2,1H3. The lowest BCUT2D eigenvalue weighted by Gasteiger charge is -2.09. The third-order valence-corrected chi connectivity index (χ3v) is 3.18. The van der Waals surface area contributed by atoms with Crippen molar-refractivity contribution in [1.29, 1.82) is 0 Å². The lowest BCUT2D eigenvalue weighted by molar-refractivity contribution is 0.0311. The second kappa shape index (κ2) is 4.09. The quantitative estimate of drug-likeness (QED) is 0.706. The van der Waals surface area contributed by atoms with Crippen LogP contribution >= 0.6 is 11.3 Å². The van der Waals surface area contributed by atoms with Crippen molar-refractivity contribution < 1.29 is 9.53 Å². The fourth-order valence-electron chi connectivity index (χ4n) is 1.68. The highest BCUT2D eigenvalue weighted by atomic mass is 32.1. The summed E-state index contributed by atoms with van der Waals surface area (Å²) in [5.41, 5.74) is 0.458. The van der Waals surface area contributed by atoms with E-state index in [1.165, 1.54) is 24.2 Å². The molecule has 1 aliphatic rings. The Labute approximate surface area is 87.1 Å². The highest BCUT2D eigenvalue weighted by molar-refractivity contribution is 7.09. The smallest absolute Gasteiger partial charge is 0.358 e. The summed E-state index contributed by atoms with van der Waals surface area (Å²) in [6.07, 6.45) is 4.50. The van der Waals surface area contributed by atoms with Crippen LogP contribution in [-0.4, -0.2) is 17.1 Å². The van der Waals surface area contributed by atoms with E-state index in [0.717, 1.165) is 17.8 Å². The number of carbonyl (C=O) groups is 1. The Bertz CT molecular complexity index is 329. The highest BCUT2D eigenvalue weighted by Crippen LogP contribution is 2.22. The minimum absolute atomic E-state index is 0.129. The summed E-state index contributed by atoms with van der Waals surface area (Å²) in [6, 6.07) is 0. The zero-order valence-electron chi connectivity index (χ0n) is 8.16. The Morgan fingerprint density at radius 1 is 1.57 bits per heavy atom. The van der Waals surface area contributed by atoms with Crippen LogP contribution in [0.5, 0.6) is 0 Å². The zero-order chi connectivity index (χ0) is 9.97. The molecule has 1 aliphatic carbocycles. The van der Waals surface area contributed by atoms with E-state index in [2.05, 4.69) is 4.98 Å². The van der Waals surface area contributed by atoms with E-state index in [1.807, 2.05) is 6.92 Å². The van der Waals surface area contributed by atoms with E-state index in [4.69, 9.17) is 4.74 Å². The molecule has 0 N–H and O–H groups in total. The van der Waals surface area contributed by atoms with Crippen LogP contribution in [-0.2, 0) is 4.74 Å². The first-order valence-corrected chi connectivity index (χ1v) is 5.77. The van der Waals surface area contributed by atoms with Crippen molar-refractivity contribution in [2.75, 3.05) is 0 Å². The molecule has 0 aliphatic heterocycles. The van der Waals surface area contributed by atoms with Gasteiger partial charge in [-0.25, -0.2) is 9.78 Å². The molecule has 0 amide bonds.